The van der Waals surface area contributed by atoms with E-state index in [0.29, 0.717) is 19.6 Å². The quantitative estimate of drug-likeness (QED) is 0.681. The molecule has 8 heteroatoms. The van der Waals surface area contributed by atoms with E-state index in [1.165, 1.54) is 22.5 Å². The van der Waals surface area contributed by atoms with Crippen molar-refractivity contribution in [1.82, 2.24) is 4.31 Å². The molecule has 1 aliphatic heterocycles. The number of nitrogens with one attached hydrogen (secondary N) is 1. The smallest absolute Gasteiger partial charge is 0.282 e. The molecule has 0 aromatic heterocycles. The van der Waals surface area contributed by atoms with Crippen LogP contribution >= 0.6 is 0 Å². The third-order valence-corrected chi connectivity index (χ3v) is 6.84. The zero-order chi connectivity index (χ0) is 20.9. The molecule has 0 aliphatic carbocycles. The first kappa shape index (κ1) is 21.2. The summed E-state index contributed by atoms with van der Waals surface area (Å²) in [6.45, 7) is 6.01. The minimum absolute atomic E-state index is 0.0347. The van der Waals surface area contributed by atoms with Crippen LogP contribution in [-0.2, 0) is 14.8 Å². The summed E-state index contributed by atoms with van der Waals surface area (Å²) in [4.78, 5) is 15.5. The number of quaternary nitrogens is 1. The lowest BCUT2D eigenvalue weighted by molar-refractivity contribution is -0.895. The van der Waals surface area contributed by atoms with Crippen molar-refractivity contribution >= 4 is 21.6 Å². The Balaban J connectivity index is 1.62. The predicted molar refractivity (Wildman–Crippen MR) is 110 cm³/mol. The van der Waals surface area contributed by atoms with Crippen LogP contribution in [0.15, 0.2) is 72.1 Å². The number of benzene rings is 2. The van der Waals surface area contributed by atoms with Gasteiger partial charge in [0.2, 0.25) is 10.0 Å². The zero-order valence-electron chi connectivity index (χ0n) is 16.1. The molecule has 0 unspecified atom stereocenters. The van der Waals surface area contributed by atoms with E-state index in [4.69, 9.17) is 0 Å². The summed E-state index contributed by atoms with van der Waals surface area (Å²) < 4.78 is 40.2. The normalized spacial score (nSPS) is 15.8. The molecular weight excluding hydrogens is 393 g/mol. The summed E-state index contributed by atoms with van der Waals surface area (Å²) in [6, 6.07) is 14.4. The van der Waals surface area contributed by atoms with Gasteiger partial charge in [0.25, 0.3) is 5.91 Å². The summed E-state index contributed by atoms with van der Waals surface area (Å²) in [5.41, 5.74) is 0.809. The van der Waals surface area contributed by atoms with E-state index in [0.717, 1.165) is 16.7 Å². The first-order chi connectivity index (χ1) is 13.9. The average Bonchev–Trinajstić information content (AvgIpc) is 2.73. The lowest BCUT2D eigenvalue weighted by atomic mass is 10.2. The van der Waals surface area contributed by atoms with Gasteiger partial charge in [0.05, 0.1) is 31.1 Å². The minimum Gasteiger partial charge on any atom is -0.325 e. The van der Waals surface area contributed by atoms with Crippen molar-refractivity contribution in [3.63, 3.8) is 0 Å². The number of piperazine rings is 1. The highest BCUT2D eigenvalue weighted by Crippen LogP contribution is 2.17. The summed E-state index contributed by atoms with van der Waals surface area (Å²) in [6.07, 6.45) is 1.68. The summed E-state index contributed by atoms with van der Waals surface area (Å²) in [5.74, 6) is -0.614. The highest BCUT2D eigenvalue weighted by molar-refractivity contribution is 7.89. The predicted octanol–water partition coefficient (Wildman–Crippen LogP) is 0.934. The van der Waals surface area contributed by atoms with Gasteiger partial charge in [0.15, 0.2) is 6.54 Å². The van der Waals surface area contributed by atoms with Crippen LogP contribution in [0.1, 0.15) is 0 Å². The Bertz CT molecular complexity index is 958. The largest absolute Gasteiger partial charge is 0.325 e. The third-order valence-electron chi connectivity index (χ3n) is 4.95. The number of carbonyl (C=O) groups is 1. The highest BCUT2D eigenvalue weighted by Gasteiger charge is 2.32. The molecule has 154 valence electrons. The van der Waals surface area contributed by atoms with Crippen LogP contribution in [0.3, 0.4) is 0 Å². The molecule has 1 N–H and O–H groups in total. The number of carbonyl (C=O) groups excluding carboxylic acids is 1. The fraction of sp³-hybridized carbons (Fsp3) is 0.286. The number of nitrogens with zero attached hydrogens (tertiary/aromatic N) is 2. The maximum Gasteiger partial charge on any atom is 0.282 e. The maximum absolute atomic E-state index is 13.4. The molecule has 0 spiro atoms. The molecule has 1 fully saturated rings. The number of para-hydroxylation sites is 1. The monoisotopic (exact) mass is 418 g/mol. The minimum atomic E-state index is -3.73. The van der Waals surface area contributed by atoms with Gasteiger partial charge in [0.1, 0.15) is 5.82 Å². The number of amides is 1. The SMILES string of the molecule is C=CCN(C(=O)C[NH+]1CCN(S(=O)(=O)c2cccc(F)c2)CC1)c1ccccc1. The van der Waals surface area contributed by atoms with E-state index in [-0.39, 0.29) is 30.4 Å². The fourth-order valence-electron chi connectivity index (χ4n) is 3.39. The van der Waals surface area contributed by atoms with Gasteiger partial charge in [-0.25, -0.2) is 12.8 Å². The Labute approximate surface area is 170 Å². The highest BCUT2D eigenvalue weighted by atomic mass is 32.2. The van der Waals surface area contributed by atoms with Crippen molar-refractivity contribution in [3.8, 4) is 0 Å². The van der Waals surface area contributed by atoms with Crippen molar-refractivity contribution in [2.75, 3.05) is 44.2 Å². The maximum atomic E-state index is 13.4. The third kappa shape index (κ3) is 5.09. The van der Waals surface area contributed by atoms with Crippen LogP contribution in [0.2, 0.25) is 0 Å². The molecule has 0 atom stereocenters. The van der Waals surface area contributed by atoms with Crippen molar-refractivity contribution in [2.24, 2.45) is 0 Å². The zero-order valence-corrected chi connectivity index (χ0v) is 16.9. The fourth-order valence-corrected chi connectivity index (χ4v) is 4.87. The lowest BCUT2D eigenvalue weighted by Gasteiger charge is -2.32. The molecular formula is C21H25FN3O3S+. The Morgan fingerprint density at radius 3 is 2.45 bits per heavy atom. The van der Waals surface area contributed by atoms with Gasteiger partial charge in [-0.3, -0.25) is 4.79 Å². The van der Waals surface area contributed by atoms with Gasteiger partial charge in [-0.1, -0.05) is 30.3 Å². The van der Waals surface area contributed by atoms with Gasteiger partial charge in [-0.05, 0) is 30.3 Å². The van der Waals surface area contributed by atoms with Gasteiger partial charge >= 0.3 is 0 Å². The molecule has 2 aromatic carbocycles. The Morgan fingerprint density at radius 2 is 1.83 bits per heavy atom. The Morgan fingerprint density at radius 1 is 1.14 bits per heavy atom. The molecule has 0 radical (unpaired) electrons. The first-order valence-corrected chi connectivity index (χ1v) is 10.9. The average molecular weight is 419 g/mol. The van der Waals surface area contributed by atoms with Crippen molar-refractivity contribution < 1.29 is 22.5 Å². The van der Waals surface area contributed by atoms with Crippen LogP contribution in [0, 0.1) is 5.82 Å². The molecule has 1 amide bonds. The number of halogens is 1. The van der Waals surface area contributed by atoms with Crippen LogP contribution in [0.25, 0.3) is 0 Å². The van der Waals surface area contributed by atoms with Gasteiger partial charge < -0.3 is 9.80 Å². The second-order valence-electron chi connectivity index (χ2n) is 6.92. The molecule has 0 saturated carbocycles. The molecule has 1 aliphatic rings. The number of rotatable bonds is 7. The summed E-state index contributed by atoms with van der Waals surface area (Å²) >= 11 is 0. The van der Waals surface area contributed by atoms with Gasteiger partial charge in [-0.2, -0.15) is 4.31 Å². The number of hydrogen-bond donors (Lipinski definition) is 1. The molecule has 1 saturated heterocycles. The molecule has 0 bridgehead atoms. The Kier molecular flexibility index (Phi) is 6.79. The molecule has 6 nitrogen and oxygen atoms in total. The molecule has 1 heterocycles. The van der Waals surface area contributed by atoms with Crippen LogP contribution in [0.4, 0.5) is 10.1 Å². The van der Waals surface area contributed by atoms with Crippen LogP contribution < -0.4 is 9.80 Å². The van der Waals surface area contributed by atoms with E-state index >= 15 is 0 Å². The second-order valence-corrected chi connectivity index (χ2v) is 8.85. The summed E-state index contributed by atoms with van der Waals surface area (Å²) in [5, 5.41) is 0. The van der Waals surface area contributed by atoms with Crippen molar-refractivity contribution in [2.45, 2.75) is 4.90 Å². The van der Waals surface area contributed by atoms with E-state index in [2.05, 4.69) is 6.58 Å². The van der Waals surface area contributed by atoms with Crippen molar-refractivity contribution in [3.05, 3.63) is 73.1 Å². The Hall–Kier alpha value is -2.55. The second kappa shape index (κ2) is 9.30. The van der Waals surface area contributed by atoms with Crippen molar-refractivity contribution in [1.29, 1.82) is 0 Å². The van der Waals surface area contributed by atoms with Crippen LogP contribution in [0.5, 0.6) is 0 Å². The van der Waals surface area contributed by atoms with E-state index in [1.54, 1.807) is 11.0 Å². The standard InChI is InChI=1S/C21H24FN3O3S/c1-2-11-25(19-8-4-3-5-9-19)21(26)17-23-12-14-24(15-13-23)29(27,28)20-10-6-7-18(22)16-20/h2-10,16H,1,11-15,17H2/p+1. The first-order valence-electron chi connectivity index (χ1n) is 9.47. The number of hydrogen-bond acceptors (Lipinski definition) is 3. The van der Waals surface area contributed by atoms with E-state index in [1.807, 2.05) is 30.3 Å². The summed E-state index contributed by atoms with van der Waals surface area (Å²) in [7, 11) is -3.73. The van der Waals surface area contributed by atoms with Crippen LogP contribution in [-0.4, -0.2) is 57.9 Å². The molecule has 3 rings (SSSR count). The number of anilines is 1. The van der Waals surface area contributed by atoms with Gasteiger partial charge in [-0.15, -0.1) is 6.58 Å². The van der Waals surface area contributed by atoms with E-state index in [9.17, 15) is 17.6 Å². The van der Waals surface area contributed by atoms with E-state index < -0.39 is 15.8 Å². The van der Waals surface area contributed by atoms with Gasteiger partial charge in [0, 0.05) is 12.2 Å². The topological polar surface area (TPSA) is 62.1 Å². The lowest BCUT2D eigenvalue weighted by Crippen LogP contribution is -3.15. The molecule has 29 heavy (non-hydrogen) atoms. The molecule has 2 aromatic rings. The number of sulfonamides is 1.